The van der Waals surface area contributed by atoms with Gasteiger partial charge in [-0.1, -0.05) is 6.92 Å². The lowest BCUT2D eigenvalue weighted by atomic mass is 10.3. The van der Waals surface area contributed by atoms with Crippen LogP contribution in [-0.4, -0.2) is 22.7 Å². The molecule has 15 heavy (non-hydrogen) atoms. The zero-order valence-corrected chi connectivity index (χ0v) is 11.7. The highest BCUT2D eigenvalue weighted by Crippen LogP contribution is 2.19. The van der Waals surface area contributed by atoms with Crippen molar-refractivity contribution in [3.05, 3.63) is 26.9 Å². The van der Waals surface area contributed by atoms with Gasteiger partial charge in [-0.05, 0) is 44.3 Å². The van der Waals surface area contributed by atoms with Crippen LogP contribution in [0.15, 0.2) is 21.2 Å². The normalized spacial score (nSPS) is 12.8. The lowest BCUT2D eigenvalue weighted by molar-refractivity contribution is 0.167. The van der Waals surface area contributed by atoms with Crippen molar-refractivity contribution >= 4 is 31.9 Å². The fraction of sp³-hybridized carbons (Fsp3) is 0.500. The van der Waals surface area contributed by atoms with Crippen LogP contribution in [0.2, 0.25) is 0 Å². The maximum absolute atomic E-state index is 9.35. The molecule has 5 heteroatoms. The third-order valence-corrected chi connectivity index (χ3v) is 3.15. The Labute approximate surface area is 107 Å². The number of aliphatic hydroxyl groups excluding tert-OH is 1. The molecule has 0 spiro atoms. The summed E-state index contributed by atoms with van der Waals surface area (Å²) in [5.41, 5.74) is 0.946. The minimum atomic E-state index is -0.278. The molecule has 1 aromatic heterocycles. The number of nitrogens with zero attached hydrogens (tertiary/aromatic N) is 1. The van der Waals surface area contributed by atoms with Crippen LogP contribution >= 0.6 is 31.9 Å². The van der Waals surface area contributed by atoms with E-state index in [-0.39, 0.29) is 6.10 Å². The van der Waals surface area contributed by atoms with Gasteiger partial charge < -0.3 is 10.4 Å². The predicted octanol–water partition coefficient (Wildman–Crippen LogP) is 2.47. The first-order valence-corrected chi connectivity index (χ1v) is 6.40. The molecule has 3 nitrogen and oxygen atoms in total. The molecule has 0 amide bonds. The van der Waals surface area contributed by atoms with Gasteiger partial charge in [-0.2, -0.15) is 0 Å². The van der Waals surface area contributed by atoms with Crippen LogP contribution in [0.1, 0.15) is 19.0 Å². The van der Waals surface area contributed by atoms with E-state index in [4.69, 9.17) is 0 Å². The lowest BCUT2D eigenvalue weighted by Gasteiger charge is -2.09. The SMILES string of the molecule is CCC(O)CNCc1ncc(Br)cc1Br. The second-order valence-electron chi connectivity index (χ2n) is 3.28. The summed E-state index contributed by atoms with van der Waals surface area (Å²) in [5, 5.41) is 12.5. The zero-order chi connectivity index (χ0) is 11.3. The topological polar surface area (TPSA) is 45.1 Å². The van der Waals surface area contributed by atoms with E-state index in [1.54, 1.807) is 6.20 Å². The molecule has 2 N–H and O–H groups in total. The Balaban J connectivity index is 2.44. The molecule has 1 unspecified atom stereocenters. The van der Waals surface area contributed by atoms with Crippen LogP contribution in [0, 0.1) is 0 Å². The first-order chi connectivity index (χ1) is 7.13. The molecule has 1 heterocycles. The molecule has 1 atom stereocenters. The van der Waals surface area contributed by atoms with Crippen molar-refractivity contribution in [2.24, 2.45) is 0 Å². The van der Waals surface area contributed by atoms with E-state index in [1.165, 1.54) is 0 Å². The van der Waals surface area contributed by atoms with E-state index >= 15 is 0 Å². The molecule has 0 aromatic carbocycles. The molecule has 1 rings (SSSR count). The van der Waals surface area contributed by atoms with Crippen LogP contribution in [-0.2, 0) is 6.54 Å². The summed E-state index contributed by atoms with van der Waals surface area (Å²) in [6.07, 6.45) is 2.25. The van der Waals surface area contributed by atoms with Crippen LogP contribution in [0.5, 0.6) is 0 Å². The molecule has 0 bridgehead atoms. The molecule has 0 aliphatic carbocycles. The van der Waals surface area contributed by atoms with Gasteiger partial charge in [0.25, 0.3) is 0 Å². The van der Waals surface area contributed by atoms with Crippen LogP contribution < -0.4 is 5.32 Å². The molecule has 0 fully saturated rings. The number of aliphatic hydroxyl groups is 1. The highest BCUT2D eigenvalue weighted by atomic mass is 79.9. The second kappa shape index (κ2) is 6.58. The maximum Gasteiger partial charge on any atom is 0.0684 e. The van der Waals surface area contributed by atoms with E-state index < -0.39 is 0 Å². The number of aromatic nitrogens is 1. The highest BCUT2D eigenvalue weighted by molar-refractivity contribution is 9.11. The third kappa shape index (κ3) is 4.59. The largest absolute Gasteiger partial charge is 0.392 e. The Kier molecular flexibility index (Phi) is 5.74. The van der Waals surface area contributed by atoms with Gasteiger partial charge >= 0.3 is 0 Å². The standard InChI is InChI=1S/C10H14Br2N2O/c1-2-8(15)5-13-6-10-9(12)3-7(11)4-14-10/h3-4,8,13,15H,2,5-6H2,1H3. The average Bonchev–Trinajstić information content (AvgIpc) is 2.21. The quantitative estimate of drug-likeness (QED) is 0.867. The lowest BCUT2D eigenvalue weighted by Crippen LogP contribution is -2.26. The monoisotopic (exact) mass is 336 g/mol. The van der Waals surface area contributed by atoms with Crippen molar-refractivity contribution in [2.45, 2.75) is 26.0 Å². The Bertz CT molecular complexity index is 320. The number of hydrogen-bond donors (Lipinski definition) is 2. The molecule has 0 aliphatic rings. The number of nitrogens with one attached hydrogen (secondary N) is 1. The van der Waals surface area contributed by atoms with Gasteiger partial charge in [-0.15, -0.1) is 0 Å². The van der Waals surface area contributed by atoms with Crippen LogP contribution in [0.3, 0.4) is 0 Å². The van der Waals surface area contributed by atoms with Gasteiger partial charge in [-0.3, -0.25) is 4.98 Å². The summed E-state index contributed by atoms with van der Waals surface area (Å²) in [6.45, 7) is 3.21. The fourth-order valence-corrected chi connectivity index (χ4v) is 2.20. The van der Waals surface area contributed by atoms with E-state index in [9.17, 15) is 5.11 Å². The van der Waals surface area contributed by atoms with E-state index in [0.717, 1.165) is 21.1 Å². The number of pyridine rings is 1. The fourth-order valence-electron chi connectivity index (χ4n) is 1.07. The smallest absolute Gasteiger partial charge is 0.0684 e. The molecular formula is C10H14Br2N2O. The van der Waals surface area contributed by atoms with Crippen molar-refractivity contribution < 1.29 is 5.11 Å². The average molecular weight is 338 g/mol. The second-order valence-corrected chi connectivity index (χ2v) is 5.05. The third-order valence-electron chi connectivity index (χ3n) is 2.03. The molecule has 0 aliphatic heterocycles. The Hall–Kier alpha value is 0.0300. The van der Waals surface area contributed by atoms with Gasteiger partial charge in [-0.25, -0.2) is 0 Å². The molecule has 0 saturated carbocycles. The molecule has 0 saturated heterocycles. The van der Waals surface area contributed by atoms with Gasteiger partial charge in [0.05, 0.1) is 11.8 Å². The molecule has 1 aromatic rings. The Morgan fingerprint density at radius 2 is 2.27 bits per heavy atom. The van der Waals surface area contributed by atoms with E-state index in [1.807, 2.05) is 13.0 Å². The minimum Gasteiger partial charge on any atom is -0.392 e. The van der Waals surface area contributed by atoms with Gasteiger partial charge in [0.1, 0.15) is 0 Å². The summed E-state index contributed by atoms with van der Waals surface area (Å²) >= 11 is 6.78. The van der Waals surface area contributed by atoms with Gasteiger partial charge in [0.15, 0.2) is 0 Å². The van der Waals surface area contributed by atoms with Crippen molar-refractivity contribution in [1.82, 2.24) is 10.3 Å². The van der Waals surface area contributed by atoms with Gasteiger partial charge in [0, 0.05) is 28.2 Å². The first-order valence-electron chi connectivity index (χ1n) is 4.82. The summed E-state index contributed by atoms with van der Waals surface area (Å²) in [5.74, 6) is 0. The van der Waals surface area contributed by atoms with Gasteiger partial charge in [0.2, 0.25) is 0 Å². The number of halogens is 2. The molecular weight excluding hydrogens is 324 g/mol. The summed E-state index contributed by atoms with van der Waals surface area (Å²) in [7, 11) is 0. The highest BCUT2D eigenvalue weighted by Gasteiger charge is 2.03. The summed E-state index contributed by atoms with van der Waals surface area (Å²) in [6, 6.07) is 1.96. The number of hydrogen-bond acceptors (Lipinski definition) is 3. The van der Waals surface area contributed by atoms with Crippen LogP contribution in [0.25, 0.3) is 0 Å². The van der Waals surface area contributed by atoms with E-state index in [0.29, 0.717) is 13.1 Å². The van der Waals surface area contributed by atoms with Crippen molar-refractivity contribution in [1.29, 1.82) is 0 Å². The van der Waals surface area contributed by atoms with Crippen LogP contribution in [0.4, 0.5) is 0 Å². The zero-order valence-electron chi connectivity index (χ0n) is 8.50. The minimum absolute atomic E-state index is 0.278. The van der Waals surface area contributed by atoms with Crippen molar-refractivity contribution in [3.63, 3.8) is 0 Å². The Morgan fingerprint density at radius 3 is 2.87 bits per heavy atom. The predicted molar refractivity (Wildman–Crippen MR) is 67.6 cm³/mol. The maximum atomic E-state index is 9.35. The Morgan fingerprint density at radius 1 is 1.53 bits per heavy atom. The van der Waals surface area contributed by atoms with Crippen molar-refractivity contribution in [2.75, 3.05) is 6.54 Å². The summed E-state index contributed by atoms with van der Waals surface area (Å²) in [4.78, 5) is 4.26. The van der Waals surface area contributed by atoms with E-state index in [2.05, 4.69) is 42.2 Å². The van der Waals surface area contributed by atoms with Crippen molar-refractivity contribution in [3.8, 4) is 0 Å². The molecule has 0 radical (unpaired) electrons. The summed E-state index contributed by atoms with van der Waals surface area (Å²) < 4.78 is 1.92. The molecule has 84 valence electrons. The number of rotatable bonds is 5. The first kappa shape index (κ1) is 13.1.